The average Bonchev–Trinajstić information content (AvgIpc) is 2.60. The Hall–Kier alpha value is -2.46. The average molecular weight is 364 g/mol. The number of halogens is 1. The summed E-state index contributed by atoms with van der Waals surface area (Å²) in [4.78, 5) is 25.1. The molecule has 142 valence electrons. The number of likely N-dealkylation sites (N-methyl/N-ethyl adjacent to an activating group) is 1. The number of carbonyl (C=O) groups is 2. The van der Waals surface area contributed by atoms with Crippen LogP contribution in [0.5, 0.6) is 0 Å². The summed E-state index contributed by atoms with van der Waals surface area (Å²) in [7, 11) is 1.47. The van der Waals surface area contributed by atoms with Gasteiger partial charge in [-0.1, -0.05) is 13.8 Å². The van der Waals surface area contributed by atoms with E-state index in [2.05, 4.69) is 13.8 Å². The van der Waals surface area contributed by atoms with Gasteiger partial charge in [-0.05, 0) is 37.5 Å². The van der Waals surface area contributed by atoms with Crippen LogP contribution in [0.15, 0.2) is 18.2 Å². The molecule has 0 aliphatic carbocycles. The molecule has 1 atom stereocenters. The monoisotopic (exact) mass is 364 g/mol. The van der Waals surface area contributed by atoms with E-state index in [1.54, 1.807) is 6.92 Å². The summed E-state index contributed by atoms with van der Waals surface area (Å²) >= 11 is 0. The molecule has 0 heterocycles. The highest BCUT2D eigenvalue weighted by atomic mass is 19.1. The second kappa shape index (κ2) is 10.5. The van der Waals surface area contributed by atoms with Crippen molar-refractivity contribution in [2.75, 3.05) is 20.3 Å². The van der Waals surface area contributed by atoms with E-state index in [0.29, 0.717) is 18.1 Å². The quantitative estimate of drug-likeness (QED) is 0.630. The maximum atomic E-state index is 13.8. The molecule has 0 fully saturated rings. The van der Waals surface area contributed by atoms with Crippen molar-refractivity contribution in [3.63, 3.8) is 0 Å². The number of hydrogen-bond donors (Lipinski definition) is 0. The molecular formula is C19H25FN2O4. The fourth-order valence-corrected chi connectivity index (χ4v) is 2.02. The van der Waals surface area contributed by atoms with E-state index < -0.39 is 30.4 Å². The molecule has 0 spiro atoms. The maximum Gasteiger partial charge on any atom is 0.335 e. The lowest BCUT2D eigenvalue weighted by Gasteiger charge is -2.19. The van der Waals surface area contributed by atoms with Crippen LogP contribution in [0, 0.1) is 23.1 Å². The molecule has 1 aromatic rings. The van der Waals surface area contributed by atoms with Crippen LogP contribution in [0.2, 0.25) is 0 Å². The Balaban J connectivity index is 2.47. The largest absolute Gasteiger partial charge is 0.454 e. The number of hydrogen-bond acceptors (Lipinski definition) is 5. The Morgan fingerprint density at radius 3 is 2.62 bits per heavy atom. The van der Waals surface area contributed by atoms with Gasteiger partial charge in [-0.3, -0.25) is 4.79 Å². The smallest absolute Gasteiger partial charge is 0.335 e. The fraction of sp³-hybridized carbons (Fsp3) is 0.526. The minimum absolute atomic E-state index is 0.0296. The van der Waals surface area contributed by atoms with E-state index in [1.807, 2.05) is 6.07 Å². The highest BCUT2D eigenvalue weighted by Crippen LogP contribution is 2.12. The normalized spacial score (nSPS) is 11.7. The van der Waals surface area contributed by atoms with Crippen LogP contribution in [0.25, 0.3) is 0 Å². The van der Waals surface area contributed by atoms with Gasteiger partial charge in [0.05, 0.1) is 11.6 Å². The minimum atomic E-state index is -0.753. The van der Waals surface area contributed by atoms with Gasteiger partial charge in [-0.25, -0.2) is 9.18 Å². The van der Waals surface area contributed by atoms with Crippen LogP contribution in [0.3, 0.4) is 0 Å². The van der Waals surface area contributed by atoms with Crippen molar-refractivity contribution in [1.29, 1.82) is 5.26 Å². The number of ether oxygens (including phenoxy) is 2. The standard InChI is InChI=1S/C19H25FN2O4/c1-13(2)7-8-25-14(3)19(24)26-12-18(23)22(4)11-16-9-15(10-21)5-6-17(16)20/h5-6,9,13-14H,7-8,11-12H2,1-4H3. The van der Waals surface area contributed by atoms with E-state index in [9.17, 15) is 14.0 Å². The lowest BCUT2D eigenvalue weighted by molar-refractivity contribution is -0.161. The summed E-state index contributed by atoms with van der Waals surface area (Å²) in [6.45, 7) is 5.63. The number of benzene rings is 1. The summed E-state index contributed by atoms with van der Waals surface area (Å²) in [5.74, 6) is -1.14. The van der Waals surface area contributed by atoms with Crippen LogP contribution in [0.1, 0.15) is 38.3 Å². The molecule has 0 radical (unpaired) electrons. The molecule has 0 bridgehead atoms. The summed E-state index contributed by atoms with van der Waals surface area (Å²) in [5.41, 5.74) is 0.526. The zero-order chi connectivity index (χ0) is 19.7. The highest BCUT2D eigenvalue weighted by molar-refractivity contribution is 5.81. The molecule has 1 rings (SSSR count). The van der Waals surface area contributed by atoms with Crippen molar-refractivity contribution in [2.45, 2.75) is 39.8 Å². The molecule has 26 heavy (non-hydrogen) atoms. The number of rotatable bonds is 9. The molecule has 0 N–H and O–H groups in total. The van der Waals surface area contributed by atoms with Gasteiger partial charge in [0.25, 0.3) is 5.91 Å². The number of nitrogens with zero attached hydrogens (tertiary/aromatic N) is 2. The first-order valence-electron chi connectivity index (χ1n) is 8.45. The zero-order valence-electron chi connectivity index (χ0n) is 15.6. The van der Waals surface area contributed by atoms with Gasteiger partial charge in [0, 0.05) is 25.8 Å². The van der Waals surface area contributed by atoms with E-state index in [4.69, 9.17) is 14.7 Å². The first-order chi connectivity index (χ1) is 12.2. The summed E-state index contributed by atoms with van der Waals surface area (Å²) in [6, 6.07) is 5.85. The lowest BCUT2D eigenvalue weighted by atomic mass is 10.1. The zero-order valence-corrected chi connectivity index (χ0v) is 15.6. The third kappa shape index (κ3) is 7.19. The van der Waals surface area contributed by atoms with Gasteiger partial charge < -0.3 is 14.4 Å². The van der Waals surface area contributed by atoms with Gasteiger partial charge in [0.1, 0.15) is 5.82 Å². The highest BCUT2D eigenvalue weighted by Gasteiger charge is 2.19. The number of carbonyl (C=O) groups excluding carboxylic acids is 2. The summed E-state index contributed by atoms with van der Waals surface area (Å²) in [6.07, 6.45) is 0.0729. The molecule has 6 nitrogen and oxygen atoms in total. The first-order valence-corrected chi connectivity index (χ1v) is 8.45. The van der Waals surface area contributed by atoms with Crippen molar-refractivity contribution >= 4 is 11.9 Å². The third-order valence-corrected chi connectivity index (χ3v) is 3.74. The topological polar surface area (TPSA) is 79.6 Å². The fourth-order valence-electron chi connectivity index (χ4n) is 2.02. The number of nitriles is 1. The molecule has 7 heteroatoms. The molecule has 1 amide bonds. The second-order valence-electron chi connectivity index (χ2n) is 6.47. The number of amides is 1. The lowest BCUT2D eigenvalue weighted by Crippen LogP contribution is -2.33. The van der Waals surface area contributed by atoms with Crippen LogP contribution in [-0.2, 0) is 25.6 Å². The van der Waals surface area contributed by atoms with Gasteiger partial charge >= 0.3 is 5.97 Å². The van der Waals surface area contributed by atoms with E-state index in [0.717, 1.165) is 6.42 Å². The predicted molar refractivity (Wildman–Crippen MR) is 93.4 cm³/mol. The van der Waals surface area contributed by atoms with Crippen molar-refractivity contribution in [3.05, 3.63) is 35.1 Å². The molecule has 1 unspecified atom stereocenters. The molecule has 0 saturated carbocycles. The number of esters is 1. The molecule has 0 aliphatic rings. The van der Waals surface area contributed by atoms with Gasteiger partial charge in [-0.15, -0.1) is 0 Å². The molecular weight excluding hydrogens is 339 g/mol. The van der Waals surface area contributed by atoms with Crippen molar-refractivity contribution in [3.8, 4) is 6.07 Å². The van der Waals surface area contributed by atoms with Crippen LogP contribution < -0.4 is 0 Å². The Morgan fingerprint density at radius 2 is 2.00 bits per heavy atom. The van der Waals surface area contributed by atoms with Gasteiger partial charge in [0.2, 0.25) is 0 Å². The maximum absolute atomic E-state index is 13.8. The van der Waals surface area contributed by atoms with Gasteiger partial charge in [-0.2, -0.15) is 5.26 Å². The van der Waals surface area contributed by atoms with Gasteiger partial charge in [0.15, 0.2) is 12.7 Å². The Labute approximate surface area is 153 Å². The molecule has 0 aliphatic heterocycles. The van der Waals surface area contributed by atoms with E-state index in [1.165, 1.54) is 30.1 Å². The van der Waals surface area contributed by atoms with E-state index >= 15 is 0 Å². The van der Waals surface area contributed by atoms with Crippen LogP contribution >= 0.6 is 0 Å². The third-order valence-electron chi connectivity index (χ3n) is 3.74. The van der Waals surface area contributed by atoms with Crippen molar-refractivity contribution in [2.24, 2.45) is 5.92 Å². The van der Waals surface area contributed by atoms with Crippen molar-refractivity contribution in [1.82, 2.24) is 4.90 Å². The SMILES string of the molecule is CC(C)CCOC(C)C(=O)OCC(=O)N(C)Cc1cc(C#N)ccc1F. The summed E-state index contributed by atoms with van der Waals surface area (Å²) in [5, 5.41) is 8.86. The Morgan fingerprint density at radius 1 is 1.31 bits per heavy atom. The first kappa shape index (κ1) is 21.6. The molecule has 0 aromatic heterocycles. The minimum Gasteiger partial charge on any atom is -0.454 e. The summed E-state index contributed by atoms with van der Waals surface area (Å²) < 4.78 is 24.1. The van der Waals surface area contributed by atoms with Crippen molar-refractivity contribution < 1.29 is 23.5 Å². The van der Waals surface area contributed by atoms with Crippen LogP contribution in [0.4, 0.5) is 4.39 Å². The molecule has 1 aromatic carbocycles. The predicted octanol–water partition coefficient (Wildman–Crippen LogP) is 2.65. The Bertz CT molecular complexity index is 670. The Kier molecular flexibility index (Phi) is 8.73. The molecule has 0 saturated heterocycles. The second-order valence-corrected chi connectivity index (χ2v) is 6.47. The van der Waals surface area contributed by atoms with Crippen LogP contribution in [-0.4, -0.2) is 43.1 Å². The van der Waals surface area contributed by atoms with E-state index in [-0.39, 0.29) is 12.1 Å².